The molecule has 2 heterocycles. The second-order valence-electron chi connectivity index (χ2n) is 3.51. The lowest BCUT2D eigenvalue weighted by atomic mass is 10.1. The molecule has 3 rings (SSSR count). The molecule has 74 valence electrons. The number of likely N-dealkylation sites (N-methyl/N-ethyl adjacent to an activating group) is 1. The maximum Gasteiger partial charge on any atom is 0.245 e. The monoisotopic (exact) mass is 211 g/mol. The van der Waals surface area contributed by atoms with Gasteiger partial charge in [-0.3, -0.25) is 0 Å². The Balaban J connectivity index is 2.31. The molecule has 1 saturated heterocycles. The lowest BCUT2D eigenvalue weighted by molar-refractivity contribution is 0.295. The van der Waals surface area contributed by atoms with Crippen molar-refractivity contribution in [1.29, 1.82) is 0 Å². The van der Waals surface area contributed by atoms with Crippen LogP contribution in [0.5, 0.6) is 0 Å². The van der Waals surface area contributed by atoms with Crippen molar-refractivity contribution >= 4 is 10.0 Å². The summed E-state index contributed by atoms with van der Waals surface area (Å²) < 4.78 is 30.4. The Morgan fingerprint density at radius 3 is 2.86 bits per heavy atom. The van der Waals surface area contributed by atoms with E-state index < -0.39 is 10.0 Å². The summed E-state index contributed by atoms with van der Waals surface area (Å²) in [4.78, 5) is 0.376. The van der Waals surface area contributed by atoms with Crippen molar-refractivity contribution in [3.05, 3.63) is 29.8 Å². The Morgan fingerprint density at radius 1 is 1.36 bits per heavy atom. The van der Waals surface area contributed by atoms with Crippen molar-refractivity contribution < 1.29 is 13.2 Å². The van der Waals surface area contributed by atoms with E-state index in [4.69, 9.17) is 4.74 Å². The number of rotatable bonds is 0. The van der Waals surface area contributed by atoms with Crippen LogP contribution in [0.25, 0.3) is 0 Å². The lowest BCUT2D eigenvalue weighted by Gasteiger charge is -2.20. The Bertz CT molecular complexity index is 497. The molecule has 1 fully saturated rings. The lowest BCUT2D eigenvalue weighted by Crippen LogP contribution is -2.33. The van der Waals surface area contributed by atoms with Crippen LogP contribution in [0.1, 0.15) is 11.7 Å². The highest BCUT2D eigenvalue weighted by atomic mass is 32.2. The van der Waals surface area contributed by atoms with Gasteiger partial charge < -0.3 is 4.74 Å². The molecule has 0 aromatic heterocycles. The van der Waals surface area contributed by atoms with Crippen LogP contribution in [0, 0.1) is 0 Å². The third-order valence-electron chi connectivity index (χ3n) is 2.71. The van der Waals surface area contributed by atoms with Crippen LogP contribution in [0.15, 0.2) is 29.2 Å². The molecule has 2 unspecified atom stereocenters. The third kappa shape index (κ3) is 0.867. The Hall–Kier alpha value is -0.910. The van der Waals surface area contributed by atoms with E-state index in [0.29, 0.717) is 4.90 Å². The van der Waals surface area contributed by atoms with Crippen LogP contribution in [0.2, 0.25) is 0 Å². The molecular weight excluding hydrogens is 202 g/mol. The predicted molar refractivity (Wildman–Crippen MR) is 49.0 cm³/mol. The van der Waals surface area contributed by atoms with Crippen molar-refractivity contribution in [3.63, 3.8) is 0 Å². The fraction of sp³-hybridized carbons (Fsp3) is 0.333. The Kier molecular flexibility index (Phi) is 1.42. The van der Waals surface area contributed by atoms with Crippen molar-refractivity contribution in [2.24, 2.45) is 0 Å². The minimum Gasteiger partial charge on any atom is -0.347 e. The number of benzene rings is 1. The first-order valence-corrected chi connectivity index (χ1v) is 5.79. The van der Waals surface area contributed by atoms with Gasteiger partial charge in [0.15, 0.2) is 6.23 Å². The average Bonchev–Trinajstić information content (AvgIpc) is 2.95. The zero-order valence-electron chi connectivity index (χ0n) is 7.54. The van der Waals surface area contributed by atoms with E-state index in [9.17, 15) is 8.42 Å². The number of hydrogen-bond acceptors (Lipinski definition) is 3. The molecule has 4 nitrogen and oxygen atoms in total. The summed E-state index contributed by atoms with van der Waals surface area (Å²) in [6.45, 7) is 0. The van der Waals surface area contributed by atoms with Crippen LogP contribution >= 0.6 is 0 Å². The SMILES string of the molecule is CN1C2OC2c2ccccc2S1(=O)=O. The molecular formula is C9H9NO3S. The van der Waals surface area contributed by atoms with E-state index in [-0.39, 0.29) is 12.3 Å². The first-order valence-electron chi connectivity index (χ1n) is 4.35. The maximum absolute atomic E-state index is 11.9. The molecule has 0 aliphatic carbocycles. The summed E-state index contributed by atoms with van der Waals surface area (Å²) in [7, 11) is -1.77. The van der Waals surface area contributed by atoms with Gasteiger partial charge in [-0.05, 0) is 6.07 Å². The largest absolute Gasteiger partial charge is 0.347 e. The van der Waals surface area contributed by atoms with Gasteiger partial charge in [0.25, 0.3) is 0 Å². The molecule has 2 aliphatic heterocycles. The summed E-state index contributed by atoms with van der Waals surface area (Å²) in [5.41, 5.74) is 0.788. The quantitative estimate of drug-likeness (QED) is 0.594. The smallest absolute Gasteiger partial charge is 0.245 e. The van der Waals surface area contributed by atoms with Crippen LogP contribution in [0.3, 0.4) is 0 Å². The fourth-order valence-electron chi connectivity index (χ4n) is 1.85. The van der Waals surface area contributed by atoms with Crippen LogP contribution < -0.4 is 0 Å². The molecule has 5 heteroatoms. The van der Waals surface area contributed by atoms with Crippen molar-refractivity contribution in [3.8, 4) is 0 Å². The number of ether oxygens (including phenoxy) is 1. The highest BCUT2D eigenvalue weighted by Gasteiger charge is 2.54. The van der Waals surface area contributed by atoms with Crippen LogP contribution in [-0.4, -0.2) is 26.0 Å². The van der Waals surface area contributed by atoms with Crippen molar-refractivity contribution in [2.75, 3.05) is 7.05 Å². The van der Waals surface area contributed by atoms with Gasteiger partial charge in [-0.1, -0.05) is 18.2 Å². The molecule has 0 amide bonds. The zero-order valence-corrected chi connectivity index (χ0v) is 8.36. The number of nitrogens with zero attached hydrogens (tertiary/aromatic N) is 1. The number of hydrogen-bond donors (Lipinski definition) is 0. The molecule has 0 N–H and O–H groups in total. The van der Waals surface area contributed by atoms with Crippen LogP contribution in [-0.2, 0) is 14.8 Å². The first-order chi connectivity index (χ1) is 6.62. The van der Waals surface area contributed by atoms with Gasteiger partial charge in [0, 0.05) is 12.6 Å². The summed E-state index contributed by atoms with van der Waals surface area (Å²) in [5.74, 6) is 0. The Morgan fingerprint density at radius 2 is 2.07 bits per heavy atom. The van der Waals surface area contributed by atoms with Gasteiger partial charge in [0.2, 0.25) is 10.0 Å². The summed E-state index contributed by atoms with van der Waals surface area (Å²) in [5, 5.41) is 0. The maximum atomic E-state index is 11.9. The number of epoxide rings is 1. The molecule has 1 aromatic rings. The van der Waals surface area contributed by atoms with E-state index in [1.807, 2.05) is 12.1 Å². The van der Waals surface area contributed by atoms with E-state index in [1.54, 1.807) is 19.2 Å². The topological polar surface area (TPSA) is 49.9 Å². The van der Waals surface area contributed by atoms with E-state index in [0.717, 1.165) is 5.56 Å². The molecule has 0 saturated carbocycles. The van der Waals surface area contributed by atoms with E-state index >= 15 is 0 Å². The number of fused-ring (bicyclic) bond motifs is 3. The highest BCUT2D eigenvalue weighted by molar-refractivity contribution is 7.89. The molecule has 0 bridgehead atoms. The van der Waals surface area contributed by atoms with Gasteiger partial charge in [0.1, 0.15) is 6.10 Å². The predicted octanol–water partition coefficient (Wildman–Crippen LogP) is 0.718. The molecule has 2 aliphatic rings. The van der Waals surface area contributed by atoms with E-state index in [2.05, 4.69) is 0 Å². The molecule has 0 radical (unpaired) electrons. The van der Waals surface area contributed by atoms with Gasteiger partial charge in [-0.25, -0.2) is 8.42 Å². The van der Waals surface area contributed by atoms with Crippen molar-refractivity contribution in [1.82, 2.24) is 4.31 Å². The van der Waals surface area contributed by atoms with Crippen LogP contribution in [0.4, 0.5) is 0 Å². The van der Waals surface area contributed by atoms with Gasteiger partial charge in [-0.15, -0.1) is 0 Å². The zero-order chi connectivity index (χ0) is 9.92. The highest BCUT2D eigenvalue weighted by Crippen LogP contribution is 2.48. The van der Waals surface area contributed by atoms with Gasteiger partial charge in [-0.2, -0.15) is 4.31 Å². The van der Waals surface area contributed by atoms with E-state index in [1.165, 1.54) is 4.31 Å². The average molecular weight is 211 g/mol. The molecule has 1 aromatic carbocycles. The van der Waals surface area contributed by atoms with Gasteiger partial charge in [0.05, 0.1) is 4.90 Å². The first kappa shape index (κ1) is 8.40. The number of sulfonamides is 1. The standard InChI is InChI=1S/C9H9NO3S/c1-10-9-8(13-9)6-4-2-3-5-7(6)14(10,11)12/h2-5,8-9H,1H3. The fourth-order valence-corrected chi connectivity index (χ4v) is 3.33. The summed E-state index contributed by atoms with van der Waals surface area (Å²) >= 11 is 0. The second kappa shape index (κ2) is 2.36. The van der Waals surface area contributed by atoms with Gasteiger partial charge >= 0.3 is 0 Å². The normalized spacial score (nSPS) is 33.2. The Labute approximate surface area is 82.1 Å². The summed E-state index contributed by atoms with van der Waals surface area (Å²) in [6, 6.07) is 7.00. The second-order valence-corrected chi connectivity index (χ2v) is 5.47. The molecule has 14 heavy (non-hydrogen) atoms. The minimum absolute atomic E-state index is 0.0558. The third-order valence-corrected chi connectivity index (χ3v) is 4.60. The molecule has 0 spiro atoms. The minimum atomic E-state index is -3.32. The summed E-state index contributed by atoms with van der Waals surface area (Å²) in [6.07, 6.45) is -0.338. The van der Waals surface area contributed by atoms with Crippen molar-refractivity contribution in [2.45, 2.75) is 17.2 Å². The molecule has 2 atom stereocenters.